The Balaban J connectivity index is 1.66. The van der Waals surface area contributed by atoms with E-state index in [1.807, 2.05) is 6.92 Å². The van der Waals surface area contributed by atoms with E-state index in [1.165, 1.54) is 42.5 Å². The van der Waals surface area contributed by atoms with Gasteiger partial charge >= 0.3 is 5.97 Å². The van der Waals surface area contributed by atoms with Crippen LogP contribution >= 0.6 is 23.4 Å². The maximum atomic E-state index is 13.9. The van der Waals surface area contributed by atoms with Gasteiger partial charge in [-0.15, -0.1) is 0 Å². The van der Waals surface area contributed by atoms with Crippen LogP contribution in [0.3, 0.4) is 0 Å². The molecule has 1 aliphatic rings. The monoisotopic (exact) mass is 490 g/mol. The maximum absolute atomic E-state index is 13.9. The number of amides is 3. The number of anilines is 1. The van der Waals surface area contributed by atoms with Crippen molar-refractivity contribution in [2.75, 3.05) is 18.5 Å². The molecule has 33 heavy (non-hydrogen) atoms. The van der Waals surface area contributed by atoms with Crippen molar-refractivity contribution in [2.24, 2.45) is 0 Å². The quantitative estimate of drug-likeness (QED) is 0.314. The van der Waals surface area contributed by atoms with E-state index in [4.69, 9.17) is 16.3 Å². The number of hydrogen-bond donors (Lipinski definition) is 1. The minimum absolute atomic E-state index is 0.0153. The van der Waals surface area contributed by atoms with Gasteiger partial charge in [-0.2, -0.15) is 0 Å². The zero-order valence-corrected chi connectivity index (χ0v) is 19.2. The smallest absolute Gasteiger partial charge is 0.339 e. The van der Waals surface area contributed by atoms with Crippen LogP contribution in [0.25, 0.3) is 6.08 Å². The average Bonchev–Trinajstić information content (AvgIpc) is 3.04. The van der Waals surface area contributed by atoms with Gasteiger partial charge in [0.1, 0.15) is 12.4 Å². The van der Waals surface area contributed by atoms with Crippen molar-refractivity contribution in [3.8, 4) is 0 Å². The molecule has 1 saturated heterocycles. The van der Waals surface area contributed by atoms with Gasteiger partial charge in [-0.1, -0.05) is 43.1 Å². The van der Waals surface area contributed by atoms with E-state index in [-0.39, 0.29) is 33.3 Å². The predicted molar refractivity (Wildman–Crippen MR) is 124 cm³/mol. The van der Waals surface area contributed by atoms with E-state index < -0.39 is 35.4 Å². The standard InChI is InChI=1S/C23H20ClFN2O5S/c1-2-3-10-32-22(30)16-12-15(8-9-17(16)24)26-20(28)13-27-21(29)19(33-23(27)31)11-14-6-4-5-7-18(14)25/h4-9,11-12H,2-3,10,13H2,1H3,(H,26,28)/b19-11+. The molecular formula is C23H20ClFN2O5S. The number of carbonyl (C=O) groups excluding carboxylic acids is 4. The number of ether oxygens (including phenoxy) is 1. The molecular weight excluding hydrogens is 471 g/mol. The summed E-state index contributed by atoms with van der Waals surface area (Å²) >= 11 is 6.69. The third kappa shape index (κ3) is 6.21. The number of carbonyl (C=O) groups is 4. The van der Waals surface area contributed by atoms with Gasteiger partial charge in [0.05, 0.1) is 22.1 Å². The van der Waals surface area contributed by atoms with E-state index in [0.717, 1.165) is 11.3 Å². The minimum Gasteiger partial charge on any atom is -0.462 e. The highest BCUT2D eigenvalue weighted by atomic mass is 35.5. The fourth-order valence-electron chi connectivity index (χ4n) is 2.86. The average molecular weight is 491 g/mol. The van der Waals surface area contributed by atoms with Gasteiger partial charge in [0, 0.05) is 11.3 Å². The first-order valence-corrected chi connectivity index (χ1v) is 11.3. The van der Waals surface area contributed by atoms with Crippen LogP contribution in [-0.4, -0.2) is 41.1 Å². The van der Waals surface area contributed by atoms with E-state index in [9.17, 15) is 23.6 Å². The fraction of sp³-hybridized carbons (Fsp3) is 0.217. The zero-order chi connectivity index (χ0) is 24.0. The summed E-state index contributed by atoms with van der Waals surface area (Å²) in [5.41, 5.74) is 0.497. The zero-order valence-electron chi connectivity index (χ0n) is 17.6. The molecule has 0 atom stereocenters. The third-order valence-corrected chi connectivity index (χ3v) is 5.81. The molecule has 1 heterocycles. The normalized spacial score (nSPS) is 14.6. The van der Waals surface area contributed by atoms with Crippen LogP contribution < -0.4 is 5.32 Å². The molecule has 2 aromatic carbocycles. The van der Waals surface area contributed by atoms with Crippen LogP contribution in [-0.2, 0) is 14.3 Å². The topological polar surface area (TPSA) is 92.8 Å². The molecule has 0 saturated carbocycles. The summed E-state index contributed by atoms with van der Waals surface area (Å²) in [6.07, 6.45) is 2.84. The van der Waals surface area contributed by atoms with Crippen molar-refractivity contribution in [1.29, 1.82) is 0 Å². The Morgan fingerprint density at radius 3 is 2.70 bits per heavy atom. The summed E-state index contributed by atoms with van der Waals surface area (Å²) in [5.74, 6) is -2.50. The van der Waals surface area contributed by atoms with Gasteiger partial charge in [-0.25, -0.2) is 9.18 Å². The number of nitrogens with one attached hydrogen (secondary N) is 1. The van der Waals surface area contributed by atoms with Gasteiger partial charge < -0.3 is 10.1 Å². The molecule has 3 rings (SSSR count). The molecule has 0 aliphatic carbocycles. The molecule has 10 heteroatoms. The number of thioether (sulfide) groups is 1. The number of imide groups is 1. The molecule has 0 radical (unpaired) electrons. The Kier molecular flexibility index (Phi) is 8.24. The van der Waals surface area contributed by atoms with Gasteiger partial charge in [0.2, 0.25) is 5.91 Å². The second-order valence-corrected chi connectivity index (χ2v) is 8.42. The lowest BCUT2D eigenvalue weighted by Crippen LogP contribution is -2.36. The fourth-order valence-corrected chi connectivity index (χ4v) is 3.88. The lowest BCUT2D eigenvalue weighted by atomic mass is 10.2. The third-order valence-electron chi connectivity index (χ3n) is 4.57. The second kappa shape index (κ2) is 11.1. The first-order valence-electron chi connectivity index (χ1n) is 10.1. The molecule has 3 amide bonds. The van der Waals surface area contributed by atoms with Gasteiger partial charge in [0.25, 0.3) is 11.1 Å². The molecule has 0 bridgehead atoms. The Bertz CT molecular complexity index is 1140. The Labute approximate surface area is 198 Å². The highest BCUT2D eigenvalue weighted by molar-refractivity contribution is 8.18. The van der Waals surface area contributed by atoms with Crippen molar-refractivity contribution >= 4 is 58.1 Å². The van der Waals surface area contributed by atoms with Gasteiger partial charge in [-0.3, -0.25) is 19.3 Å². The Hall–Kier alpha value is -3.17. The largest absolute Gasteiger partial charge is 0.462 e. The first-order chi connectivity index (χ1) is 15.8. The highest BCUT2D eigenvalue weighted by Crippen LogP contribution is 2.32. The molecule has 1 N–H and O–H groups in total. The first kappa shape index (κ1) is 24.5. The van der Waals surface area contributed by atoms with E-state index in [1.54, 1.807) is 6.07 Å². The summed E-state index contributed by atoms with van der Waals surface area (Å²) in [6.45, 7) is 1.67. The van der Waals surface area contributed by atoms with Crippen LogP contribution in [0.15, 0.2) is 47.4 Å². The molecule has 0 aromatic heterocycles. The molecule has 0 spiro atoms. The summed E-state index contributed by atoms with van der Waals surface area (Å²) < 4.78 is 19.0. The van der Waals surface area contributed by atoms with E-state index in [2.05, 4.69) is 5.32 Å². The van der Waals surface area contributed by atoms with Crippen molar-refractivity contribution < 1.29 is 28.3 Å². The SMILES string of the molecule is CCCCOC(=O)c1cc(NC(=O)CN2C(=O)S/C(=C/c3ccccc3F)C2=O)ccc1Cl. The summed E-state index contributed by atoms with van der Waals surface area (Å²) in [5, 5.41) is 2.05. The summed E-state index contributed by atoms with van der Waals surface area (Å²) in [7, 11) is 0. The highest BCUT2D eigenvalue weighted by Gasteiger charge is 2.36. The number of nitrogens with zero attached hydrogens (tertiary/aromatic N) is 1. The van der Waals surface area contributed by atoms with E-state index in [0.29, 0.717) is 18.2 Å². The predicted octanol–water partition coefficient (Wildman–Crippen LogP) is 5.11. The molecule has 1 aliphatic heterocycles. The van der Waals surface area contributed by atoms with E-state index >= 15 is 0 Å². The Morgan fingerprint density at radius 1 is 1.21 bits per heavy atom. The molecule has 1 fully saturated rings. The minimum atomic E-state index is -0.695. The molecule has 0 unspecified atom stereocenters. The van der Waals surface area contributed by atoms with Crippen molar-refractivity contribution in [1.82, 2.24) is 4.90 Å². The summed E-state index contributed by atoms with van der Waals surface area (Å²) in [6, 6.07) is 10.1. The number of benzene rings is 2. The summed E-state index contributed by atoms with van der Waals surface area (Å²) in [4.78, 5) is 50.3. The maximum Gasteiger partial charge on any atom is 0.339 e. The van der Waals surface area contributed by atoms with Crippen LogP contribution in [0.1, 0.15) is 35.7 Å². The molecule has 2 aromatic rings. The lowest BCUT2D eigenvalue weighted by Gasteiger charge is -2.13. The van der Waals surface area contributed by atoms with Gasteiger partial charge in [0.15, 0.2) is 0 Å². The number of esters is 1. The van der Waals surface area contributed by atoms with Crippen LogP contribution in [0.5, 0.6) is 0 Å². The van der Waals surface area contributed by atoms with Crippen LogP contribution in [0, 0.1) is 5.82 Å². The molecule has 7 nitrogen and oxygen atoms in total. The van der Waals surface area contributed by atoms with Gasteiger partial charge in [-0.05, 0) is 48.5 Å². The molecule has 172 valence electrons. The number of rotatable bonds is 8. The van der Waals surface area contributed by atoms with Crippen molar-refractivity contribution in [2.45, 2.75) is 19.8 Å². The number of halogens is 2. The Morgan fingerprint density at radius 2 is 1.97 bits per heavy atom. The van der Waals surface area contributed by atoms with Crippen molar-refractivity contribution in [3.63, 3.8) is 0 Å². The second-order valence-electron chi connectivity index (χ2n) is 7.02. The lowest BCUT2D eigenvalue weighted by molar-refractivity contribution is -0.127. The number of unbranched alkanes of at least 4 members (excludes halogenated alkanes) is 1. The van der Waals surface area contributed by atoms with Crippen LogP contribution in [0.4, 0.5) is 14.9 Å². The van der Waals surface area contributed by atoms with Crippen molar-refractivity contribution in [3.05, 3.63) is 69.3 Å². The number of hydrogen-bond acceptors (Lipinski definition) is 6. The van der Waals surface area contributed by atoms with Crippen LogP contribution in [0.2, 0.25) is 5.02 Å².